The number of guanidine groups is 1. The van der Waals surface area contributed by atoms with Crippen LogP contribution in [0.4, 0.5) is 0 Å². The number of likely N-dealkylation sites (N-methyl/N-ethyl adjacent to an activating group) is 1. The monoisotopic (exact) mass is 1010 g/mol. The Morgan fingerprint density at radius 1 is 0.819 bits per heavy atom. The first-order valence-corrected chi connectivity index (χ1v) is 23.9. The number of aliphatic hydroxyl groups excluding tert-OH is 1. The Bertz CT molecular complexity index is 2130. The van der Waals surface area contributed by atoms with Crippen molar-refractivity contribution in [2.75, 3.05) is 27.3 Å². The van der Waals surface area contributed by atoms with Crippen LogP contribution in [0.15, 0.2) is 59.1 Å². The summed E-state index contributed by atoms with van der Waals surface area (Å²) in [4.78, 5) is 126. The fourth-order valence-electron chi connectivity index (χ4n) is 7.75. The van der Waals surface area contributed by atoms with Gasteiger partial charge in [0.25, 0.3) is 0 Å². The van der Waals surface area contributed by atoms with E-state index in [2.05, 4.69) is 36.9 Å². The molecule has 4 unspecified atom stereocenters. The predicted molar refractivity (Wildman–Crippen MR) is 266 cm³/mol. The highest BCUT2D eigenvalue weighted by atomic mass is 16.5. The number of aliphatic carboxylic acids is 2. The molecular weight excluding hydrogens is 937 g/mol. The Labute approximate surface area is 420 Å². The first-order chi connectivity index (χ1) is 33.8. The number of aliphatic hydroxyl groups is 1. The van der Waals surface area contributed by atoms with Gasteiger partial charge >= 0.3 is 11.9 Å². The fourth-order valence-corrected chi connectivity index (χ4v) is 7.75. The second-order valence-electron chi connectivity index (χ2n) is 18.6. The quantitative estimate of drug-likeness (QED) is 0.0429. The first-order valence-electron chi connectivity index (χ1n) is 23.9. The number of allylic oxidation sites excluding steroid dienone is 2. The molecule has 1 aliphatic heterocycles. The van der Waals surface area contributed by atoms with Gasteiger partial charge in [-0.15, -0.1) is 0 Å². The minimum Gasteiger partial charge on any atom is -0.480 e. The Morgan fingerprint density at radius 3 is 2.00 bits per heavy atom. The molecular formula is C49H76N10O13. The Hall–Kier alpha value is -6.88. The van der Waals surface area contributed by atoms with E-state index in [0.717, 1.165) is 10.5 Å². The van der Waals surface area contributed by atoms with E-state index in [0.29, 0.717) is 12.0 Å². The summed E-state index contributed by atoms with van der Waals surface area (Å²) in [5.41, 5.74) is 12.8. The van der Waals surface area contributed by atoms with Gasteiger partial charge in [-0.3, -0.25) is 38.6 Å². The number of rotatable bonds is 16. The molecule has 1 aromatic carbocycles. The van der Waals surface area contributed by atoms with Crippen molar-refractivity contribution < 1.29 is 63.2 Å². The van der Waals surface area contributed by atoms with Crippen molar-refractivity contribution in [1.82, 2.24) is 36.8 Å². The summed E-state index contributed by atoms with van der Waals surface area (Å²) < 4.78 is 5.81. The summed E-state index contributed by atoms with van der Waals surface area (Å²) in [5.74, 6) is -12.8. The highest BCUT2D eigenvalue weighted by molar-refractivity contribution is 5.97. The van der Waals surface area contributed by atoms with E-state index in [9.17, 15) is 58.5 Å². The molecule has 0 bridgehead atoms. The van der Waals surface area contributed by atoms with Gasteiger partial charge < -0.3 is 68.3 Å². The molecule has 1 aromatic rings. The van der Waals surface area contributed by atoms with Crippen LogP contribution in [-0.4, -0.2) is 155 Å². The lowest BCUT2D eigenvalue weighted by Crippen LogP contribution is -2.59. The lowest BCUT2D eigenvalue weighted by molar-refractivity contribution is -0.146. The third-order valence-electron chi connectivity index (χ3n) is 12.3. The van der Waals surface area contributed by atoms with Gasteiger partial charge in [0.1, 0.15) is 36.3 Å². The number of amides is 7. The van der Waals surface area contributed by atoms with Crippen LogP contribution in [-0.2, 0) is 54.3 Å². The molecule has 1 fully saturated rings. The van der Waals surface area contributed by atoms with Crippen molar-refractivity contribution in [3.8, 4) is 0 Å². The molecule has 1 aliphatic rings. The van der Waals surface area contributed by atoms with Gasteiger partial charge in [-0.05, 0) is 57.4 Å². The highest BCUT2D eigenvalue weighted by Gasteiger charge is 2.38. The maximum Gasteiger partial charge on any atom is 0.327 e. The van der Waals surface area contributed by atoms with Gasteiger partial charge in [0, 0.05) is 33.0 Å². The van der Waals surface area contributed by atoms with Crippen LogP contribution in [0.2, 0.25) is 0 Å². The van der Waals surface area contributed by atoms with E-state index in [1.807, 2.05) is 43.3 Å². The maximum absolute atomic E-state index is 14.4. The zero-order chi connectivity index (χ0) is 54.4. The van der Waals surface area contributed by atoms with Crippen LogP contribution in [0.1, 0.15) is 86.1 Å². The topological polar surface area (TPSA) is 363 Å². The predicted octanol–water partition coefficient (Wildman–Crippen LogP) is -0.534. The molecule has 7 amide bonds. The lowest BCUT2D eigenvalue weighted by Gasteiger charge is -2.29. The second-order valence-corrected chi connectivity index (χ2v) is 18.6. The SMILES string of the molecule is CO[C@@H](Cc1ccccc1)[C@@H](C)/C=C(C)/C=C/C1NC(=O)C(CCCN=C(N)N)NC(=O)[C@@H](C)C(C(=O)O)NC(=O)[C@H](CC(C)C)NC(=O)[C@@H](C)NC(=O)C(CO)N(C)C(=O)CC[C@H](C(=O)O)NC(=O)[C@H]1C. The number of hydrogen-bond donors (Lipinski definition) is 11. The summed E-state index contributed by atoms with van der Waals surface area (Å²) in [5, 5.41) is 45.6. The van der Waals surface area contributed by atoms with Crippen LogP contribution in [0.5, 0.6) is 0 Å². The zero-order valence-corrected chi connectivity index (χ0v) is 42.7. The molecule has 13 N–H and O–H groups in total. The van der Waals surface area contributed by atoms with Gasteiger partial charge in [-0.1, -0.05) is 88.8 Å². The van der Waals surface area contributed by atoms with E-state index in [-0.39, 0.29) is 49.7 Å². The number of carbonyl (C=O) groups is 9. The van der Waals surface area contributed by atoms with Gasteiger partial charge in [-0.2, -0.15) is 0 Å². The van der Waals surface area contributed by atoms with Crippen LogP contribution in [0.3, 0.4) is 0 Å². The number of ether oxygens (including phenoxy) is 1. The summed E-state index contributed by atoms with van der Waals surface area (Å²) in [6, 6.07) is -0.737. The minimum absolute atomic E-state index is 0.0152. The molecule has 0 radical (unpaired) electrons. The molecule has 1 heterocycles. The van der Waals surface area contributed by atoms with Crippen molar-refractivity contribution in [2.24, 2.45) is 40.1 Å². The largest absolute Gasteiger partial charge is 0.480 e. The van der Waals surface area contributed by atoms with Gasteiger partial charge in [-0.25, -0.2) is 9.59 Å². The number of hydrogen-bond acceptors (Lipinski definition) is 12. The third kappa shape index (κ3) is 20.1. The van der Waals surface area contributed by atoms with Crippen molar-refractivity contribution in [1.29, 1.82) is 0 Å². The van der Waals surface area contributed by atoms with Crippen LogP contribution < -0.4 is 43.4 Å². The Morgan fingerprint density at radius 2 is 1.43 bits per heavy atom. The Kier molecular flexibility index (Phi) is 25.6. The number of nitrogens with zero attached hydrogens (tertiary/aromatic N) is 2. The smallest absolute Gasteiger partial charge is 0.327 e. The van der Waals surface area contributed by atoms with E-state index in [1.54, 1.807) is 34.0 Å². The number of carboxylic acids is 2. The van der Waals surface area contributed by atoms with Crippen molar-refractivity contribution >= 4 is 59.2 Å². The molecule has 0 aliphatic carbocycles. The van der Waals surface area contributed by atoms with Crippen LogP contribution >= 0.6 is 0 Å². The number of methoxy groups -OCH3 is 1. The molecule has 0 aromatic heterocycles. The second kappa shape index (κ2) is 30.1. The van der Waals surface area contributed by atoms with Crippen LogP contribution in [0, 0.1) is 23.7 Å². The first kappa shape index (κ1) is 61.2. The summed E-state index contributed by atoms with van der Waals surface area (Å²) in [6.07, 6.45) is 4.48. The van der Waals surface area contributed by atoms with Crippen molar-refractivity contribution in [2.45, 2.75) is 135 Å². The van der Waals surface area contributed by atoms with E-state index < -0.39 is 127 Å². The summed E-state index contributed by atoms with van der Waals surface area (Å²) in [6.45, 7) is 10.2. The number of aliphatic imine (C=N–C) groups is 1. The normalized spacial score (nSPS) is 26.2. The maximum atomic E-state index is 14.4. The standard InChI is InChI=1S/C49H76N10O13/c1-26(2)22-36-45(66)58-40(48(70)71)30(6)42(63)55-34(16-13-21-52-49(50)51)44(65)54-33(18-17-27(3)23-28(4)38(72-9)24-32-14-11-10-12-15-32)29(5)41(62)56-35(47(68)69)19-20-39(61)59(8)37(25-60)46(67)53-31(7)43(64)57-36/h10-12,14-15,17-18,23,26,28-31,33-38,40,60H,13,16,19-22,24-25H2,1-9H3,(H,53,67)(H,54,65)(H,55,63)(H,56,62)(H,57,64)(H,58,66)(H,68,69)(H,70,71)(H4,50,51,52)/b18-17+,27-23+/t28-,29-,30-,31+,33?,34?,35+,36-,37?,38-,40?/m0/s1. The molecule has 23 heteroatoms. The number of nitrogens with two attached hydrogens (primary N) is 2. The van der Waals surface area contributed by atoms with Gasteiger partial charge in [0.05, 0.1) is 30.6 Å². The molecule has 400 valence electrons. The van der Waals surface area contributed by atoms with Gasteiger partial charge in [0.15, 0.2) is 5.96 Å². The molecule has 72 heavy (non-hydrogen) atoms. The third-order valence-corrected chi connectivity index (χ3v) is 12.3. The summed E-state index contributed by atoms with van der Waals surface area (Å²) >= 11 is 0. The Balaban J connectivity index is 2.75. The minimum atomic E-state index is -1.90. The molecule has 0 spiro atoms. The number of carboxylic acid groups (broad SMARTS) is 2. The van der Waals surface area contributed by atoms with Crippen LogP contribution in [0.25, 0.3) is 0 Å². The zero-order valence-electron chi connectivity index (χ0n) is 42.7. The van der Waals surface area contributed by atoms with Crippen molar-refractivity contribution in [3.63, 3.8) is 0 Å². The lowest BCUT2D eigenvalue weighted by atomic mass is 9.94. The van der Waals surface area contributed by atoms with E-state index >= 15 is 0 Å². The number of nitrogens with one attached hydrogen (secondary N) is 6. The molecule has 2 rings (SSSR count). The molecule has 23 nitrogen and oxygen atoms in total. The fraction of sp³-hybridized carbons (Fsp3) is 0.592. The van der Waals surface area contributed by atoms with E-state index in [4.69, 9.17) is 16.2 Å². The van der Waals surface area contributed by atoms with Gasteiger partial charge in [0.2, 0.25) is 41.4 Å². The number of carbonyl (C=O) groups excluding carboxylic acids is 7. The average Bonchev–Trinajstić information content (AvgIpc) is 3.31. The molecule has 1 saturated heterocycles. The van der Waals surface area contributed by atoms with E-state index in [1.165, 1.54) is 33.9 Å². The summed E-state index contributed by atoms with van der Waals surface area (Å²) in [7, 11) is 2.79. The highest BCUT2D eigenvalue weighted by Crippen LogP contribution is 2.19. The van der Waals surface area contributed by atoms with Crippen molar-refractivity contribution in [3.05, 3.63) is 59.7 Å². The molecule has 0 saturated carbocycles. The average molecular weight is 1010 g/mol. The number of benzene rings is 1. The molecule has 11 atom stereocenters.